The predicted molar refractivity (Wildman–Crippen MR) is 58.2 cm³/mol. The van der Waals surface area contributed by atoms with Crippen LogP contribution in [-0.4, -0.2) is 39.8 Å². The summed E-state index contributed by atoms with van der Waals surface area (Å²) in [6.07, 6.45) is 0. The molecule has 0 saturated carbocycles. The van der Waals surface area contributed by atoms with Crippen LogP contribution in [0.3, 0.4) is 0 Å². The van der Waals surface area contributed by atoms with Crippen LogP contribution in [0.4, 0.5) is 5.95 Å². The molecule has 0 spiro atoms. The summed E-state index contributed by atoms with van der Waals surface area (Å²) in [6.45, 7) is -0.153. The molecule has 0 aliphatic rings. The highest BCUT2D eigenvalue weighted by atomic mass is 16.4. The number of carbonyl (C=O) groups is 1. The molecule has 0 fully saturated rings. The molecule has 16 heavy (non-hydrogen) atoms. The fourth-order valence-corrected chi connectivity index (χ4v) is 1.31. The van der Waals surface area contributed by atoms with Gasteiger partial charge in [0.1, 0.15) is 12.1 Å². The fraction of sp³-hybridized carbons (Fsp3) is 0.200. The molecule has 0 amide bonds. The lowest BCUT2D eigenvalue weighted by atomic mass is 10.3. The normalized spacial score (nSPS) is 10.3. The van der Waals surface area contributed by atoms with Crippen LogP contribution >= 0.6 is 0 Å². The Morgan fingerprint density at radius 3 is 2.69 bits per heavy atom. The molecule has 0 radical (unpaired) electrons. The van der Waals surface area contributed by atoms with Crippen molar-refractivity contribution >= 4 is 23.0 Å². The Morgan fingerprint density at radius 1 is 1.31 bits per heavy atom. The number of aromatic nitrogens is 3. The van der Waals surface area contributed by atoms with Crippen LogP contribution in [-0.2, 0) is 4.79 Å². The van der Waals surface area contributed by atoms with Crippen LogP contribution in [0.1, 0.15) is 0 Å². The summed E-state index contributed by atoms with van der Waals surface area (Å²) in [5.74, 6) is -0.625. The lowest BCUT2D eigenvalue weighted by molar-refractivity contribution is -0.135. The van der Waals surface area contributed by atoms with Crippen molar-refractivity contribution in [3.8, 4) is 0 Å². The molecular weight excluding hydrogens is 208 g/mol. The molecule has 1 aromatic carbocycles. The minimum atomic E-state index is -0.931. The Morgan fingerprint density at radius 2 is 2.00 bits per heavy atom. The van der Waals surface area contributed by atoms with Gasteiger partial charge in [-0.2, -0.15) is 0 Å². The van der Waals surface area contributed by atoms with Gasteiger partial charge < -0.3 is 10.0 Å². The highest BCUT2D eigenvalue weighted by Gasteiger charge is 2.09. The molecule has 2 rings (SSSR count). The van der Waals surface area contributed by atoms with Crippen LogP contribution in [0.5, 0.6) is 0 Å². The lowest BCUT2D eigenvalue weighted by Crippen LogP contribution is -2.27. The summed E-state index contributed by atoms with van der Waals surface area (Å²) in [6, 6.07) is 7.30. The van der Waals surface area contributed by atoms with E-state index in [0.717, 1.165) is 0 Å². The van der Waals surface area contributed by atoms with Crippen molar-refractivity contribution in [1.29, 1.82) is 0 Å². The smallest absolute Gasteiger partial charge is 0.323 e. The molecule has 1 N–H and O–H groups in total. The molecule has 1 heterocycles. The van der Waals surface area contributed by atoms with Crippen molar-refractivity contribution in [2.45, 2.75) is 0 Å². The van der Waals surface area contributed by atoms with Crippen LogP contribution in [0, 0.1) is 0 Å². The number of anilines is 1. The molecule has 0 saturated heterocycles. The SMILES string of the molecule is CN(CC(=O)O)c1nnc2ccccc2n1. The van der Waals surface area contributed by atoms with Crippen LogP contribution < -0.4 is 4.90 Å². The van der Waals surface area contributed by atoms with Gasteiger partial charge in [0.2, 0.25) is 5.95 Å². The van der Waals surface area contributed by atoms with Crippen molar-refractivity contribution in [2.24, 2.45) is 0 Å². The van der Waals surface area contributed by atoms with E-state index in [-0.39, 0.29) is 6.54 Å². The number of rotatable bonds is 3. The van der Waals surface area contributed by atoms with Crippen LogP contribution in [0.15, 0.2) is 24.3 Å². The summed E-state index contributed by atoms with van der Waals surface area (Å²) < 4.78 is 0. The van der Waals surface area contributed by atoms with Crippen molar-refractivity contribution in [3.05, 3.63) is 24.3 Å². The molecule has 0 atom stereocenters. The van der Waals surface area contributed by atoms with Gasteiger partial charge in [-0.3, -0.25) is 4.79 Å². The lowest BCUT2D eigenvalue weighted by Gasteiger charge is -2.13. The van der Waals surface area contributed by atoms with Crippen molar-refractivity contribution in [1.82, 2.24) is 15.2 Å². The summed E-state index contributed by atoms with van der Waals surface area (Å²) in [5, 5.41) is 16.5. The molecule has 1 aromatic heterocycles. The molecule has 82 valence electrons. The van der Waals surface area contributed by atoms with E-state index < -0.39 is 5.97 Å². The van der Waals surface area contributed by atoms with E-state index in [4.69, 9.17) is 5.11 Å². The largest absolute Gasteiger partial charge is 0.480 e. The Bertz CT molecular complexity index is 529. The second-order valence-electron chi connectivity index (χ2n) is 3.35. The summed E-state index contributed by atoms with van der Waals surface area (Å²) in [7, 11) is 1.61. The summed E-state index contributed by atoms with van der Waals surface area (Å²) in [4.78, 5) is 16.2. The van der Waals surface area contributed by atoms with Crippen molar-refractivity contribution in [3.63, 3.8) is 0 Å². The highest BCUT2D eigenvalue weighted by molar-refractivity contribution is 5.75. The average molecular weight is 218 g/mol. The number of hydrogen-bond acceptors (Lipinski definition) is 5. The number of fused-ring (bicyclic) bond motifs is 1. The monoisotopic (exact) mass is 218 g/mol. The number of benzene rings is 1. The van der Waals surface area contributed by atoms with E-state index in [1.165, 1.54) is 4.90 Å². The number of nitrogens with zero attached hydrogens (tertiary/aromatic N) is 4. The molecule has 0 aliphatic heterocycles. The van der Waals surface area contributed by atoms with Gasteiger partial charge in [-0.15, -0.1) is 10.2 Å². The first-order valence-corrected chi connectivity index (χ1v) is 4.69. The maximum atomic E-state index is 10.5. The van der Waals surface area contributed by atoms with Crippen molar-refractivity contribution < 1.29 is 9.90 Å². The second-order valence-corrected chi connectivity index (χ2v) is 3.35. The third-order valence-electron chi connectivity index (χ3n) is 2.06. The number of carboxylic acids is 1. The first-order valence-electron chi connectivity index (χ1n) is 4.69. The Kier molecular flexibility index (Phi) is 2.63. The van der Waals surface area contributed by atoms with E-state index in [0.29, 0.717) is 17.0 Å². The Hall–Kier alpha value is -2.24. The third-order valence-corrected chi connectivity index (χ3v) is 2.06. The Balaban J connectivity index is 2.35. The maximum absolute atomic E-state index is 10.5. The van der Waals surface area contributed by atoms with E-state index in [2.05, 4.69) is 15.2 Å². The van der Waals surface area contributed by atoms with E-state index in [1.54, 1.807) is 13.1 Å². The predicted octanol–water partition coefficient (Wildman–Crippen LogP) is 0.546. The summed E-state index contributed by atoms with van der Waals surface area (Å²) in [5.41, 5.74) is 1.39. The third kappa shape index (κ3) is 2.05. The van der Waals surface area contributed by atoms with Gasteiger partial charge >= 0.3 is 5.97 Å². The first-order chi connectivity index (χ1) is 7.66. The number of likely N-dealkylation sites (N-methyl/N-ethyl adjacent to an activating group) is 1. The number of para-hydroxylation sites is 1. The maximum Gasteiger partial charge on any atom is 0.323 e. The standard InChI is InChI=1S/C10H10N4O2/c1-14(6-9(15)16)10-11-7-4-2-3-5-8(7)12-13-10/h2-5H,6H2,1H3,(H,15,16). The molecular formula is C10H10N4O2. The quantitative estimate of drug-likeness (QED) is 0.810. The van der Waals surface area contributed by atoms with Gasteiger partial charge in [-0.25, -0.2) is 4.98 Å². The van der Waals surface area contributed by atoms with Crippen LogP contribution in [0.2, 0.25) is 0 Å². The molecule has 0 unspecified atom stereocenters. The molecule has 2 aromatic rings. The second kappa shape index (κ2) is 4.09. The zero-order valence-corrected chi connectivity index (χ0v) is 8.66. The van der Waals surface area contributed by atoms with E-state index in [9.17, 15) is 4.79 Å². The minimum absolute atomic E-state index is 0.153. The number of carboxylic acid groups (broad SMARTS) is 1. The topological polar surface area (TPSA) is 79.2 Å². The van der Waals surface area contributed by atoms with Gasteiger partial charge in [-0.1, -0.05) is 12.1 Å². The van der Waals surface area contributed by atoms with Crippen molar-refractivity contribution in [2.75, 3.05) is 18.5 Å². The molecule has 6 nitrogen and oxygen atoms in total. The fourth-order valence-electron chi connectivity index (χ4n) is 1.31. The molecule has 0 aliphatic carbocycles. The summed E-state index contributed by atoms with van der Waals surface area (Å²) >= 11 is 0. The van der Waals surface area contributed by atoms with E-state index in [1.807, 2.05) is 18.2 Å². The van der Waals surface area contributed by atoms with Gasteiger partial charge in [0.05, 0.1) is 5.52 Å². The Labute approximate surface area is 91.6 Å². The zero-order valence-electron chi connectivity index (χ0n) is 8.66. The van der Waals surface area contributed by atoms with Gasteiger partial charge in [0.15, 0.2) is 0 Å². The van der Waals surface area contributed by atoms with Gasteiger partial charge in [-0.05, 0) is 12.1 Å². The minimum Gasteiger partial charge on any atom is -0.480 e. The number of aliphatic carboxylic acids is 1. The van der Waals surface area contributed by atoms with Gasteiger partial charge in [0.25, 0.3) is 0 Å². The molecule has 0 bridgehead atoms. The first kappa shape index (κ1) is 10.3. The highest BCUT2D eigenvalue weighted by Crippen LogP contribution is 2.10. The average Bonchev–Trinajstić information content (AvgIpc) is 2.27. The van der Waals surface area contributed by atoms with E-state index >= 15 is 0 Å². The number of hydrogen-bond donors (Lipinski definition) is 1. The molecule has 6 heteroatoms. The van der Waals surface area contributed by atoms with Gasteiger partial charge in [0, 0.05) is 7.05 Å². The zero-order chi connectivity index (χ0) is 11.5. The van der Waals surface area contributed by atoms with Crippen LogP contribution in [0.25, 0.3) is 11.0 Å².